The molecule has 16 heavy (non-hydrogen) atoms. The van der Waals surface area contributed by atoms with Crippen molar-refractivity contribution in [2.45, 2.75) is 52.5 Å². The van der Waals surface area contributed by atoms with E-state index in [4.69, 9.17) is 0 Å². The molecule has 1 rings (SSSR count). The molecule has 0 radical (unpaired) electrons. The number of hydrogen-bond acceptors (Lipinski definition) is 2. The van der Waals surface area contributed by atoms with Crippen molar-refractivity contribution in [3.63, 3.8) is 0 Å². The summed E-state index contributed by atoms with van der Waals surface area (Å²) in [7, 11) is 0. The first kappa shape index (κ1) is 13.2. The number of nitrogens with one attached hydrogen (secondary N) is 1. The highest BCUT2D eigenvalue weighted by molar-refractivity contribution is 4.95. The van der Waals surface area contributed by atoms with Gasteiger partial charge in [-0.25, -0.2) is 4.98 Å². The van der Waals surface area contributed by atoms with Crippen LogP contribution in [0, 0.1) is 0 Å². The van der Waals surface area contributed by atoms with E-state index in [-0.39, 0.29) is 0 Å². The molecule has 0 saturated heterocycles. The summed E-state index contributed by atoms with van der Waals surface area (Å²) in [5.74, 6) is 1.22. The van der Waals surface area contributed by atoms with Crippen LogP contribution < -0.4 is 5.32 Å². The van der Waals surface area contributed by atoms with Gasteiger partial charge < -0.3 is 9.88 Å². The molecule has 0 amide bonds. The Morgan fingerprint density at radius 3 is 2.88 bits per heavy atom. The van der Waals surface area contributed by atoms with E-state index >= 15 is 0 Å². The smallest absolute Gasteiger partial charge is 0.108 e. The van der Waals surface area contributed by atoms with Gasteiger partial charge in [0.25, 0.3) is 0 Å². The van der Waals surface area contributed by atoms with Crippen LogP contribution in [0.4, 0.5) is 0 Å². The maximum Gasteiger partial charge on any atom is 0.108 e. The minimum atomic E-state index is 0.501. The second kappa shape index (κ2) is 7.44. The van der Waals surface area contributed by atoms with Crippen molar-refractivity contribution < 1.29 is 0 Å². The summed E-state index contributed by atoms with van der Waals surface area (Å²) in [5, 5.41) is 3.50. The lowest BCUT2D eigenvalue weighted by molar-refractivity contribution is 0.473. The topological polar surface area (TPSA) is 29.9 Å². The Kier molecular flexibility index (Phi) is 6.16. The lowest BCUT2D eigenvalue weighted by Gasteiger charge is -2.16. The summed E-state index contributed by atoms with van der Waals surface area (Å²) in [6.07, 6.45) is 8.76. The number of aryl methyl sites for hydroxylation is 1. The Morgan fingerprint density at radius 1 is 1.38 bits per heavy atom. The number of nitrogens with zero attached hydrogens (tertiary/aromatic N) is 2. The van der Waals surface area contributed by atoms with Gasteiger partial charge in [0.05, 0.1) is 0 Å². The molecule has 0 aromatic carbocycles. The van der Waals surface area contributed by atoms with Crippen molar-refractivity contribution in [1.29, 1.82) is 0 Å². The molecule has 0 bridgehead atoms. The Bertz CT molecular complexity index is 280. The third-order valence-corrected chi connectivity index (χ3v) is 2.84. The van der Waals surface area contributed by atoms with Gasteiger partial charge in [-0.05, 0) is 26.3 Å². The van der Waals surface area contributed by atoms with E-state index in [1.807, 2.05) is 6.20 Å². The van der Waals surface area contributed by atoms with Gasteiger partial charge in [-0.1, -0.05) is 20.3 Å². The van der Waals surface area contributed by atoms with Crippen LogP contribution in [-0.2, 0) is 6.42 Å². The Morgan fingerprint density at radius 2 is 2.19 bits per heavy atom. The van der Waals surface area contributed by atoms with Gasteiger partial charge in [-0.15, -0.1) is 0 Å². The standard InChI is InChI=1S/C13H25N3/c1-4-6-8-14-11-12(3)16-10-9-15-13(16)7-5-2/h9-10,12,14H,4-8,11H2,1-3H3. The van der Waals surface area contributed by atoms with Crippen molar-refractivity contribution in [3.8, 4) is 0 Å². The highest BCUT2D eigenvalue weighted by atomic mass is 15.1. The van der Waals surface area contributed by atoms with Crippen molar-refractivity contribution in [2.24, 2.45) is 0 Å². The quantitative estimate of drug-likeness (QED) is 0.687. The van der Waals surface area contributed by atoms with Gasteiger partial charge in [-0.2, -0.15) is 0 Å². The summed E-state index contributed by atoms with van der Waals surface area (Å²) < 4.78 is 2.29. The third-order valence-electron chi connectivity index (χ3n) is 2.84. The molecule has 1 aromatic rings. The van der Waals surface area contributed by atoms with Crippen molar-refractivity contribution in [2.75, 3.05) is 13.1 Å². The Labute approximate surface area is 99.3 Å². The SMILES string of the molecule is CCCCNCC(C)n1ccnc1CCC. The van der Waals surface area contributed by atoms with E-state index in [2.05, 4.69) is 41.8 Å². The highest BCUT2D eigenvalue weighted by Crippen LogP contribution is 2.09. The van der Waals surface area contributed by atoms with Crippen molar-refractivity contribution in [3.05, 3.63) is 18.2 Å². The van der Waals surface area contributed by atoms with E-state index in [1.165, 1.54) is 18.7 Å². The molecular weight excluding hydrogens is 198 g/mol. The summed E-state index contributed by atoms with van der Waals surface area (Å²) in [6.45, 7) is 8.83. The third kappa shape index (κ3) is 3.97. The van der Waals surface area contributed by atoms with Gasteiger partial charge in [0.2, 0.25) is 0 Å². The zero-order valence-corrected chi connectivity index (χ0v) is 10.9. The van der Waals surface area contributed by atoms with Gasteiger partial charge in [0, 0.05) is 31.4 Å². The molecule has 1 aromatic heterocycles. The van der Waals surface area contributed by atoms with E-state index in [0.29, 0.717) is 6.04 Å². The minimum absolute atomic E-state index is 0.501. The first-order chi connectivity index (χ1) is 7.79. The van der Waals surface area contributed by atoms with E-state index < -0.39 is 0 Å². The molecule has 0 saturated carbocycles. The fraction of sp³-hybridized carbons (Fsp3) is 0.769. The fourth-order valence-electron chi connectivity index (χ4n) is 1.87. The first-order valence-corrected chi connectivity index (χ1v) is 6.52. The van der Waals surface area contributed by atoms with Crippen molar-refractivity contribution >= 4 is 0 Å². The van der Waals surface area contributed by atoms with Crippen LogP contribution in [0.25, 0.3) is 0 Å². The van der Waals surface area contributed by atoms with Gasteiger partial charge in [0.15, 0.2) is 0 Å². The van der Waals surface area contributed by atoms with Crippen molar-refractivity contribution in [1.82, 2.24) is 14.9 Å². The van der Waals surface area contributed by atoms with Gasteiger partial charge >= 0.3 is 0 Å². The van der Waals surface area contributed by atoms with Gasteiger partial charge in [0.1, 0.15) is 5.82 Å². The molecule has 1 unspecified atom stereocenters. The second-order valence-electron chi connectivity index (χ2n) is 4.41. The summed E-state index contributed by atoms with van der Waals surface area (Å²) in [4.78, 5) is 4.41. The number of hydrogen-bond donors (Lipinski definition) is 1. The molecule has 0 aliphatic carbocycles. The monoisotopic (exact) mass is 223 g/mol. The predicted molar refractivity (Wildman–Crippen MR) is 68.7 cm³/mol. The van der Waals surface area contributed by atoms with Crippen LogP contribution in [0.15, 0.2) is 12.4 Å². The molecule has 0 spiro atoms. The summed E-state index contributed by atoms with van der Waals surface area (Å²) >= 11 is 0. The first-order valence-electron chi connectivity index (χ1n) is 6.52. The van der Waals surface area contributed by atoms with E-state index in [0.717, 1.165) is 25.9 Å². The van der Waals surface area contributed by atoms with Gasteiger partial charge in [-0.3, -0.25) is 0 Å². The summed E-state index contributed by atoms with van der Waals surface area (Å²) in [6, 6.07) is 0.501. The maximum atomic E-state index is 4.41. The maximum absolute atomic E-state index is 4.41. The molecule has 92 valence electrons. The highest BCUT2D eigenvalue weighted by Gasteiger charge is 2.08. The Hall–Kier alpha value is -0.830. The number of rotatable bonds is 8. The lowest BCUT2D eigenvalue weighted by atomic mass is 10.2. The molecule has 1 N–H and O–H groups in total. The van der Waals surface area contributed by atoms with Crippen LogP contribution in [0.3, 0.4) is 0 Å². The predicted octanol–water partition coefficient (Wildman–Crippen LogP) is 2.79. The fourth-order valence-corrected chi connectivity index (χ4v) is 1.87. The average Bonchev–Trinajstić information content (AvgIpc) is 2.73. The van der Waals surface area contributed by atoms with Crippen LogP contribution in [0.2, 0.25) is 0 Å². The second-order valence-corrected chi connectivity index (χ2v) is 4.41. The van der Waals surface area contributed by atoms with E-state index in [1.54, 1.807) is 0 Å². The largest absolute Gasteiger partial charge is 0.331 e. The molecule has 0 aliphatic rings. The molecule has 3 heteroatoms. The molecule has 0 aliphatic heterocycles. The molecule has 1 atom stereocenters. The van der Waals surface area contributed by atoms with E-state index in [9.17, 15) is 0 Å². The van der Waals surface area contributed by atoms with Crippen LogP contribution in [0.5, 0.6) is 0 Å². The average molecular weight is 223 g/mol. The molecular formula is C13H25N3. The number of aromatic nitrogens is 2. The summed E-state index contributed by atoms with van der Waals surface area (Å²) in [5.41, 5.74) is 0. The minimum Gasteiger partial charge on any atom is -0.331 e. The van der Waals surface area contributed by atoms with Crippen LogP contribution >= 0.6 is 0 Å². The zero-order chi connectivity index (χ0) is 11.8. The molecule has 3 nitrogen and oxygen atoms in total. The normalized spacial score (nSPS) is 12.9. The lowest BCUT2D eigenvalue weighted by Crippen LogP contribution is -2.25. The molecule has 0 fully saturated rings. The zero-order valence-electron chi connectivity index (χ0n) is 10.9. The van der Waals surface area contributed by atoms with Crippen LogP contribution in [0.1, 0.15) is 51.9 Å². The molecule has 1 heterocycles. The number of imidazole rings is 1. The van der Waals surface area contributed by atoms with Crippen LogP contribution in [-0.4, -0.2) is 22.6 Å². The number of unbranched alkanes of at least 4 members (excludes halogenated alkanes) is 1. The Balaban J connectivity index is 2.39.